The van der Waals surface area contributed by atoms with Gasteiger partial charge in [-0.25, -0.2) is 8.42 Å². The molecule has 0 fully saturated rings. The summed E-state index contributed by atoms with van der Waals surface area (Å²) in [5, 5.41) is 2.80. The Morgan fingerprint density at radius 2 is 1.62 bits per heavy atom. The lowest BCUT2D eigenvalue weighted by atomic mass is 10.1. The van der Waals surface area contributed by atoms with Crippen molar-refractivity contribution in [3.8, 4) is 0 Å². The molecule has 196 valence electrons. The number of halogens is 1. The zero-order valence-corrected chi connectivity index (χ0v) is 23.6. The van der Waals surface area contributed by atoms with Crippen LogP contribution in [0.4, 0.5) is 5.69 Å². The summed E-state index contributed by atoms with van der Waals surface area (Å²) in [6.07, 6.45) is 0.381. The van der Waals surface area contributed by atoms with Crippen LogP contribution in [0.1, 0.15) is 31.4 Å². The topological polar surface area (TPSA) is 86.8 Å². The minimum Gasteiger partial charge on any atom is -0.355 e. The van der Waals surface area contributed by atoms with Gasteiger partial charge < -0.3 is 10.2 Å². The van der Waals surface area contributed by atoms with E-state index >= 15 is 0 Å². The Morgan fingerprint density at radius 3 is 2.22 bits per heavy atom. The van der Waals surface area contributed by atoms with Crippen molar-refractivity contribution in [1.29, 1.82) is 0 Å². The van der Waals surface area contributed by atoms with Crippen molar-refractivity contribution in [3.63, 3.8) is 0 Å². The second-order valence-electron chi connectivity index (χ2n) is 8.63. The van der Waals surface area contributed by atoms with Crippen molar-refractivity contribution in [1.82, 2.24) is 10.2 Å². The summed E-state index contributed by atoms with van der Waals surface area (Å²) in [5.41, 5.74) is 2.27. The molecule has 3 aromatic carbocycles. The predicted octanol–water partition coefficient (Wildman–Crippen LogP) is 4.90. The van der Waals surface area contributed by atoms with Crippen LogP contribution in [0, 0.1) is 6.92 Å². The molecule has 1 atom stereocenters. The first kappa shape index (κ1) is 28.4. The van der Waals surface area contributed by atoms with Crippen molar-refractivity contribution in [2.45, 2.75) is 44.7 Å². The van der Waals surface area contributed by atoms with E-state index in [2.05, 4.69) is 21.2 Å². The lowest BCUT2D eigenvalue weighted by Crippen LogP contribution is -2.52. The highest BCUT2D eigenvalue weighted by atomic mass is 79.9. The molecule has 1 N–H and O–H groups in total. The van der Waals surface area contributed by atoms with E-state index in [1.165, 1.54) is 17.0 Å². The van der Waals surface area contributed by atoms with Gasteiger partial charge in [0.05, 0.1) is 10.6 Å². The molecule has 0 aliphatic carbocycles. The number of nitrogens with zero attached hydrogens (tertiary/aromatic N) is 2. The molecule has 37 heavy (non-hydrogen) atoms. The minimum atomic E-state index is -4.08. The fourth-order valence-corrected chi connectivity index (χ4v) is 5.80. The van der Waals surface area contributed by atoms with Crippen LogP contribution in [0.25, 0.3) is 0 Å². The number of carbonyl (C=O) groups is 2. The SMILES string of the molecule is CCNC(=O)[C@@H](CC)N(Cc1ccc(C)cc1)C(=O)CN(c1cccc(Br)c1)S(=O)(=O)c1ccccc1. The first-order chi connectivity index (χ1) is 17.7. The third kappa shape index (κ3) is 7.20. The second-order valence-corrected chi connectivity index (χ2v) is 11.4. The number of anilines is 1. The van der Waals surface area contributed by atoms with Crippen LogP contribution in [0.2, 0.25) is 0 Å². The van der Waals surface area contributed by atoms with Gasteiger partial charge in [-0.3, -0.25) is 13.9 Å². The van der Waals surface area contributed by atoms with Gasteiger partial charge in [0.1, 0.15) is 12.6 Å². The van der Waals surface area contributed by atoms with E-state index in [9.17, 15) is 18.0 Å². The molecule has 9 heteroatoms. The Balaban J connectivity index is 2.04. The standard InChI is InChI=1S/C28H32BrN3O4S/c1-4-26(28(34)30-5-2)31(19-22-16-14-21(3)15-17-22)27(33)20-32(24-11-9-10-23(29)18-24)37(35,36)25-12-7-6-8-13-25/h6-18,26H,4-5,19-20H2,1-3H3,(H,30,34)/t26-/m1/s1. The van der Waals surface area contributed by atoms with Crippen molar-refractivity contribution in [2.75, 3.05) is 17.4 Å². The molecule has 7 nitrogen and oxygen atoms in total. The van der Waals surface area contributed by atoms with Gasteiger partial charge in [0.15, 0.2) is 0 Å². The summed E-state index contributed by atoms with van der Waals surface area (Å²) in [7, 11) is -4.08. The molecule has 3 aromatic rings. The summed E-state index contributed by atoms with van der Waals surface area (Å²) in [4.78, 5) is 28.4. The maximum atomic E-state index is 13.9. The Bertz CT molecular complexity index is 1310. The summed E-state index contributed by atoms with van der Waals surface area (Å²) < 4.78 is 29.2. The molecule has 0 bridgehead atoms. The zero-order valence-electron chi connectivity index (χ0n) is 21.2. The summed E-state index contributed by atoms with van der Waals surface area (Å²) in [5.74, 6) is -0.747. The number of carbonyl (C=O) groups excluding carboxylic acids is 2. The van der Waals surface area contributed by atoms with Crippen LogP contribution >= 0.6 is 15.9 Å². The fourth-order valence-electron chi connectivity index (χ4n) is 3.98. The third-order valence-electron chi connectivity index (χ3n) is 5.92. The van der Waals surface area contributed by atoms with Crippen LogP contribution < -0.4 is 9.62 Å². The number of likely N-dealkylation sites (N-methyl/N-ethyl adjacent to an activating group) is 1. The van der Waals surface area contributed by atoms with Crippen LogP contribution in [-0.4, -0.2) is 44.3 Å². The number of hydrogen-bond acceptors (Lipinski definition) is 4. The summed E-state index contributed by atoms with van der Waals surface area (Å²) in [6, 6.07) is 21.7. The minimum absolute atomic E-state index is 0.0728. The molecule has 3 rings (SSSR count). The second kappa shape index (κ2) is 12.9. The number of rotatable bonds is 11. The normalized spacial score (nSPS) is 12.0. The number of sulfonamides is 1. The van der Waals surface area contributed by atoms with Crippen molar-refractivity contribution < 1.29 is 18.0 Å². The molecule has 0 aliphatic rings. The van der Waals surface area contributed by atoms with Crippen LogP contribution in [0.15, 0.2) is 88.2 Å². The van der Waals surface area contributed by atoms with E-state index in [1.807, 2.05) is 45.0 Å². The molecule has 0 saturated carbocycles. The summed E-state index contributed by atoms with van der Waals surface area (Å²) >= 11 is 3.40. The van der Waals surface area contributed by atoms with Gasteiger partial charge in [-0.2, -0.15) is 0 Å². The fraction of sp³-hybridized carbons (Fsp3) is 0.286. The van der Waals surface area contributed by atoms with Gasteiger partial charge in [-0.1, -0.05) is 76.9 Å². The van der Waals surface area contributed by atoms with Crippen LogP contribution in [0.3, 0.4) is 0 Å². The molecule has 0 aliphatic heterocycles. The van der Waals surface area contributed by atoms with E-state index in [1.54, 1.807) is 42.5 Å². The van der Waals surface area contributed by atoms with E-state index in [0.717, 1.165) is 15.4 Å². The number of benzene rings is 3. The van der Waals surface area contributed by atoms with Gasteiger partial charge in [-0.15, -0.1) is 0 Å². The molecule has 0 unspecified atom stereocenters. The number of aryl methyl sites for hydroxylation is 1. The van der Waals surface area contributed by atoms with E-state index in [0.29, 0.717) is 23.1 Å². The third-order valence-corrected chi connectivity index (χ3v) is 8.20. The Hall–Kier alpha value is -3.17. The van der Waals surface area contributed by atoms with Crippen molar-refractivity contribution >= 4 is 43.5 Å². The summed E-state index contributed by atoms with van der Waals surface area (Å²) in [6.45, 7) is 5.76. The van der Waals surface area contributed by atoms with E-state index in [4.69, 9.17) is 0 Å². The van der Waals surface area contributed by atoms with Crippen LogP contribution in [-0.2, 0) is 26.2 Å². The number of hydrogen-bond donors (Lipinski definition) is 1. The molecular weight excluding hydrogens is 554 g/mol. The monoisotopic (exact) mass is 585 g/mol. The highest BCUT2D eigenvalue weighted by Gasteiger charge is 2.33. The average Bonchev–Trinajstić information content (AvgIpc) is 2.88. The maximum Gasteiger partial charge on any atom is 0.264 e. The number of amides is 2. The Kier molecular flexibility index (Phi) is 9.88. The quantitative estimate of drug-likeness (QED) is 0.347. The lowest BCUT2D eigenvalue weighted by molar-refractivity contribution is -0.140. The Morgan fingerprint density at radius 1 is 0.946 bits per heavy atom. The predicted molar refractivity (Wildman–Crippen MR) is 150 cm³/mol. The van der Waals surface area contributed by atoms with E-state index < -0.39 is 28.5 Å². The first-order valence-corrected chi connectivity index (χ1v) is 14.4. The van der Waals surface area contributed by atoms with Crippen LogP contribution in [0.5, 0.6) is 0 Å². The van der Waals surface area contributed by atoms with Gasteiger partial charge in [0.25, 0.3) is 10.0 Å². The molecule has 0 saturated heterocycles. The average molecular weight is 587 g/mol. The highest BCUT2D eigenvalue weighted by molar-refractivity contribution is 9.10. The molecule has 0 aromatic heterocycles. The molecular formula is C28H32BrN3O4S. The zero-order chi connectivity index (χ0) is 27.0. The largest absolute Gasteiger partial charge is 0.355 e. The smallest absolute Gasteiger partial charge is 0.264 e. The van der Waals surface area contributed by atoms with Gasteiger partial charge in [0.2, 0.25) is 11.8 Å². The molecule has 0 heterocycles. The highest BCUT2D eigenvalue weighted by Crippen LogP contribution is 2.27. The molecule has 2 amide bonds. The van der Waals surface area contributed by atoms with Gasteiger partial charge >= 0.3 is 0 Å². The molecule has 0 radical (unpaired) electrons. The van der Waals surface area contributed by atoms with Gasteiger partial charge in [-0.05, 0) is 56.2 Å². The van der Waals surface area contributed by atoms with Crippen molar-refractivity contribution in [3.05, 3.63) is 94.5 Å². The first-order valence-electron chi connectivity index (χ1n) is 12.1. The van der Waals surface area contributed by atoms with Crippen molar-refractivity contribution in [2.24, 2.45) is 0 Å². The number of nitrogens with one attached hydrogen (secondary N) is 1. The maximum absolute atomic E-state index is 13.9. The lowest BCUT2D eigenvalue weighted by Gasteiger charge is -2.33. The van der Waals surface area contributed by atoms with Gasteiger partial charge in [0, 0.05) is 17.6 Å². The molecule has 0 spiro atoms. The Labute approximate surface area is 227 Å². The van der Waals surface area contributed by atoms with E-state index in [-0.39, 0.29) is 17.3 Å².